The lowest BCUT2D eigenvalue weighted by Gasteiger charge is -2.34. The molecule has 1 fully saturated rings. The zero-order valence-corrected chi connectivity index (χ0v) is 23.3. The fourth-order valence-electron chi connectivity index (χ4n) is 5.49. The third-order valence-corrected chi connectivity index (χ3v) is 9.63. The Hall–Kier alpha value is -3.82. The minimum Gasteiger partial charge on any atom is -0.482 e. The van der Waals surface area contributed by atoms with E-state index in [1.807, 2.05) is 23.1 Å². The van der Waals surface area contributed by atoms with Crippen LogP contribution in [-0.4, -0.2) is 42.6 Å². The number of benzene rings is 3. The van der Waals surface area contributed by atoms with E-state index in [4.69, 9.17) is 16.3 Å². The lowest BCUT2D eigenvalue weighted by molar-refractivity contribution is 0.209. The molecule has 2 heterocycles. The van der Waals surface area contributed by atoms with Gasteiger partial charge in [0.2, 0.25) is 15.8 Å². The van der Waals surface area contributed by atoms with Gasteiger partial charge in [-0.15, -0.1) is 0 Å². The van der Waals surface area contributed by atoms with Gasteiger partial charge in [0.15, 0.2) is 0 Å². The number of rotatable bonds is 7. The van der Waals surface area contributed by atoms with Crippen LogP contribution >= 0.6 is 11.6 Å². The van der Waals surface area contributed by atoms with Gasteiger partial charge >= 0.3 is 5.56 Å². The van der Waals surface area contributed by atoms with Gasteiger partial charge in [0.05, 0.1) is 17.1 Å². The average Bonchev–Trinajstić information content (AvgIpc) is 3.37. The molecule has 0 spiro atoms. The molecule has 10 heteroatoms. The maximum absolute atomic E-state index is 13.8. The molecule has 0 amide bonds. The van der Waals surface area contributed by atoms with E-state index in [-0.39, 0.29) is 17.4 Å². The highest BCUT2D eigenvalue weighted by Crippen LogP contribution is 2.32. The van der Waals surface area contributed by atoms with Gasteiger partial charge in [0.25, 0.3) is 0 Å². The second kappa shape index (κ2) is 11.0. The maximum atomic E-state index is 13.8. The zero-order valence-electron chi connectivity index (χ0n) is 21.7. The first-order valence-electron chi connectivity index (χ1n) is 13.3. The number of ether oxygens (including phenoxy) is 1. The minimum atomic E-state index is -3.56. The average molecular weight is 577 g/mol. The zero-order chi connectivity index (χ0) is 27.7. The van der Waals surface area contributed by atoms with Crippen LogP contribution in [0.5, 0.6) is 5.75 Å². The number of hydrogen-bond acceptors (Lipinski definition) is 6. The molecule has 0 radical (unpaired) electrons. The van der Waals surface area contributed by atoms with Crippen LogP contribution in [0.2, 0.25) is 5.02 Å². The second-order valence-electron chi connectivity index (χ2n) is 10.2. The van der Waals surface area contributed by atoms with Gasteiger partial charge < -0.3 is 9.64 Å². The summed E-state index contributed by atoms with van der Waals surface area (Å²) in [5.41, 5.74) is 3.72. The van der Waals surface area contributed by atoms with Crippen LogP contribution in [0.15, 0.2) is 89.9 Å². The van der Waals surface area contributed by atoms with E-state index in [1.54, 1.807) is 54.7 Å². The summed E-state index contributed by atoms with van der Waals surface area (Å²) < 4.78 is 36.6. The normalized spacial score (nSPS) is 16.1. The Morgan fingerprint density at radius 1 is 0.900 bits per heavy atom. The molecule has 1 aliphatic carbocycles. The maximum Gasteiger partial charge on any atom is 0.316 e. The molecule has 8 nitrogen and oxygen atoms in total. The first kappa shape index (κ1) is 26.4. The van der Waals surface area contributed by atoms with Crippen molar-refractivity contribution < 1.29 is 13.2 Å². The summed E-state index contributed by atoms with van der Waals surface area (Å²) in [4.78, 5) is 15.8. The largest absolute Gasteiger partial charge is 0.482 e. The minimum absolute atomic E-state index is 0.188. The summed E-state index contributed by atoms with van der Waals surface area (Å²) >= 11 is 6.19. The number of aromatic nitrogens is 2. The molecule has 0 atom stereocenters. The molecule has 0 bridgehead atoms. The number of halogens is 1. The third-order valence-electron chi connectivity index (χ3n) is 7.52. The first-order valence-corrected chi connectivity index (χ1v) is 15.2. The summed E-state index contributed by atoms with van der Waals surface area (Å²) in [6.07, 6.45) is 3.69. The van der Waals surface area contributed by atoms with E-state index in [1.165, 1.54) is 15.8 Å². The molecule has 2 aliphatic rings. The van der Waals surface area contributed by atoms with Gasteiger partial charge in [0.1, 0.15) is 11.8 Å². The predicted molar refractivity (Wildman–Crippen MR) is 157 cm³/mol. The molecule has 0 saturated carbocycles. The summed E-state index contributed by atoms with van der Waals surface area (Å²) in [5.74, 6) is 0.219. The van der Waals surface area contributed by atoms with Gasteiger partial charge in [-0.05, 0) is 54.3 Å². The number of para-hydroxylation sites is 1. The molecule has 40 heavy (non-hydrogen) atoms. The standard InChI is InChI=1S/C30H29ClN4O4S/c31-23-9-6-12-25(19-23)35-30(36)29(39-26-17-21-7-4-5-8-22(21)18-26)28(20-32-35)34-15-13-27(14-16-34)40(37,38)33-24-10-2-1-3-11-24/h1-12,19-20,26-27,33H,13-18H2. The summed E-state index contributed by atoms with van der Waals surface area (Å²) in [6, 6.07) is 24.1. The summed E-state index contributed by atoms with van der Waals surface area (Å²) in [6.45, 7) is 0.897. The van der Waals surface area contributed by atoms with Crippen molar-refractivity contribution >= 4 is 33.0 Å². The van der Waals surface area contributed by atoms with Crippen molar-refractivity contribution in [3.8, 4) is 11.4 Å². The summed E-state index contributed by atoms with van der Waals surface area (Å²) in [7, 11) is -3.56. The van der Waals surface area contributed by atoms with E-state index in [0.717, 1.165) is 0 Å². The van der Waals surface area contributed by atoms with Crippen LogP contribution < -0.4 is 19.9 Å². The molecule has 206 valence electrons. The SMILES string of the molecule is O=c1c(OC2Cc3ccccc3C2)c(N2CCC(S(=O)(=O)Nc3ccccc3)CC2)cnn1-c1cccc(Cl)c1. The van der Waals surface area contributed by atoms with E-state index in [0.29, 0.717) is 60.9 Å². The molecule has 3 aromatic carbocycles. The summed E-state index contributed by atoms with van der Waals surface area (Å²) in [5, 5.41) is 4.41. The third kappa shape index (κ3) is 5.44. The molecule has 0 unspecified atom stereocenters. The van der Waals surface area contributed by atoms with Crippen LogP contribution in [0.4, 0.5) is 11.4 Å². The molecule has 1 aliphatic heterocycles. The van der Waals surface area contributed by atoms with Gasteiger partial charge in [0, 0.05) is 36.6 Å². The topological polar surface area (TPSA) is 93.5 Å². The van der Waals surface area contributed by atoms with Gasteiger partial charge in [-0.2, -0.15) is 9.78 Å². The Kier molecular flexibility index (Phi) is 7.25. The first-order chi connectivity index (χ1) is 19.4. The molecular weight excluding hydrogens is 548 g/mol. The van der Waals surface area contributed by atoms with Crippen molar-refractivity contribution in [1.82, 2.24) is 9.78 Å². The Morgan fingerprint density at radius 3 is 2.25 bits per heavy atom. The Labute approximate surface area is 238 Å². The number of fused-ring (bicyclic) bond motifs is 1. The van der Waals surface area contributed by atoms with Crippen molar-refractivity contribution in [3.05, 3.63) is 112 Å². The van der Waals surface area contributed by atoms with Crippen molar-refractivity contribution in [2.75, 3.05) is 22.7 Å². The van der Waals surface area contributed by atoms with Crippen molar-refractivity contribution in [2.24, 2.45) is 0 Å². The number of hydrogen-bond donors (Lipinski definition) is 1. The lowest BCUT2D eigenvalue weighted by Crippen LogP contribution is -2.42. The van der Waals surface area contributed by atoms with E-state index < -0.39 is 15.3 Å². The molecule has 1 saturated heterocycles. The smallest absolute Gasteiger partial charge is 0.316 e. The van der Waals surface area contributed by atoms with E-state index >= 15 is 0 Å². The van der Waals surface area contributed by atoms with Crippen LogP contribution in [-0.2, 0) is 22.9 Å². The van der Waals surface area contributed by atoms with Crippen LogP contribution in [0.1, 0.15) is 24.0 Å². The van der Waals surface area contributed by atoms with E-state index in [9.17, 15) is 13.2 Å². The fourth-order valence-corrected chi connectivity index (χ4v) is 7.13. The molecule has 1 N–H and O–H groups in total. The van der Waals surface area contributed by atoms with Gasteiger partial charge in [-0.3, -0.25) is 9.52 Å². The van der Waals surface area contributed by atoms with Crippen molar-refractivity contribution in [3.63, 3.8) is 0 Å². The Bertz CT molecular complexity index is 1660. The number of sulfonamides is 1. The monoisotopic (exact) mass is 576 g/mol. The molecule has 6 rings (SSSR count). The Balaban J connectivity index is 1.27. The predicted octanol–water partition coefficient (Wildman–Crippen LogP) is 4.84. The van der Waals surface area contributed by atoms with Crippen molar-refractivity contribution in [1.29, 1.82) is 0 Å². The molecule has 1 aromatic heterocycles. The van der Waals surface area contributed by atoms with Crippen LogP contribution in [0.3, 0.4) is 0 Å². The number of anilines is 2. The lowest BCUT2D eigenvalue weighted by atomic mass is 10.1. The number of nitrogens with one attached hydrogen (secondary N) is 1. The van der Waals surface area contributed by atoms with Gasteiger partial charge in [-0.25, -0.2) is 8.42 Å². The fraction of sp³-hybridized carbons (Fsp3) is 0.267. The van der Waals surface area contributed by atoms with Gasteiger partial charge in [-0.1, -0.05) is 60.1 Å². The highest BCUT2D eigenvalue weighted by atomic mass is 35.5. The molecular formula is C30H29ClN4O4S. The highest BCUT2D eigenvalue weighted by Gasteiger charge is 2.33. The number of nitrogens with zero attached hydrogens (tertiary/aromatic N) is 3. The van der Waals surface area contributed by atoms with Crippen LogP contribution in [0.25, 0.3) is 5.69 Å². The Morgan fingerprint density at radius 2 is 1.57 bits per heavy atom. The highest BCUT2D eigenvalue weighted by molar-refractivity contribution is 7.93. The van der Waals surface area contributed by atoms with Crippen molar-refractivity contribution in [2.45, 2.75) is 37.0 Å². The quantitative estimate of drug-likeness (QED) is 0.338. The second-order valence-corrected chi connectivity index (χ2v) is 12.6. The number of piperidine rings is 1. The molecule has 4 aromatic rings. The van der Waals surface area contributed by atoms with Crippen LogP contribution in [0, 0.1) is 0 Å². The van der Waals surface area contributed by atoms with E-state index in [2.05, 4.69) is 22.0 Å².